The molecule has 0 spiro atoms. The predicted octanol–water partition coefficient (Wildman–Crippen LogP) is 3.24. The number of hydrogen-bond acceptors (Lipinski definition) is 5. The van der Waals surface area contributed by atoms with Crippen LogP contribution in [0.1, 0.15) is 43.0 Å². The van der Waals surface area contributed by atoms with Crippen molar-refractivity contribution in [2.45, 2.75) is 39.8 Å². The van der Waals surface area contributed by atoms with Crippen LogP contribution in [0.25, 0.3) is 0 Å². The van der Waals surface area contributed by atoms with E-state index in [9.17, 15) is 5.11 Å². The van der Waals surface area contributed by atoms with Gasteiger partial charge in [-0.05, 0) is 31.0 Å². The molecule has 2 aromatic rings. The number of rotatable bonds is 7. The van der Waals surface area contributed by atoms with Gasteiger partial charge in [0.15, 0.2) is 5.96 Å². The fourth-order valence-electron chi connectivity index (χ4n) is 2.15. The first-order valence-electron chi connectivity index (χ1n) is 8.35. The van der Waals surface area contributed by atoms with E-state index in [1.165, 1.54) is 0 Å². The second kappa shape index (κ2) is 9.27. The zero-order valence-corrected chi connectivity index (χ0v) is 16.0. The summed E-state index contributed by atoms with van der Waals surface area (Å²) < 4.78 is 5.19. The van der Waals surface area contributed by atoms with Gasteiger partial charge in [0.1, 0.15) is 16.5 Å². The molecule has 1 heterocycles. The van der Waals surface area contributed by atoms with Crippen molar-refractivity contribution in [1.82, 2.24) is 15.6 Å². The molecule has 0 bridgehead atoms. The number of nitrogens with one attached hydrogen (secondary N) is 2. The normalized spacial score (nSPS) is 11.6. The number of aromatic nitrogens is 1. The molecule has 0 fully saturated rings. The van der Waals surface area contributed by atoms with Gasteiger partial charge in [0.05, 0.1) is 25.9 Å². The Morgan fingerprint density at radius 2 is 2.16 bits per heavy atom. The van der Waals surface area contributed by atoms with Crippen molar-refractivity contribution in [2.75, 3.05) is 13.7 Å². The van der Waals surface area contributed by atoms with Gasteiger partial charge in [0, 0.05) is 17.5 Å². The SMILES string of the molecule is CCNC(=NCc1cc(OC)ccc1O)NCc1nc(C(C)C)cs1. The third-order valence-electron chi connectivity index (χ3n) is 3.61. The van der Waals surface area contributed by atoms with Crippen molar-refractivity contribution in [3.05, 3.63) is 39.8 Å². The molecule has 7 heteroatoms. The number of thiazole rings is 1. The molecule has 0 saturated heterocycles. The smallest absolute Gasteiger partial charge is 0.191 e. The minimum absolute atomic E-state index is 0.210. The highest BCUT2D eigenvalue weighted by Gasteiger charge is 2.07. The van der Waals surface area contributed by atoms with Crippen LogP contribution in [0.5, 0.6) is 11.5 Å². The first-order valence-corrected chi connectivity index (χ1v) is 9.23. The minimum atomic E-state index is 0.210. The van der Waals surface area contributed by atoms with E-state index in [4.69, 9.17) is 4.74 Å². The summed E-state index contributed by atoms with van der Waals surface area (Å²) in [5.74, 6) is 2.03. The molecule has 2 rings (SSSR count). The largest absolute Gasteiger partial charge is 0.508 e. The number of ether oxygens (including phenoxy) is 1. The molecule has 1 aromatic carbocycles. The number of nitrogens with zero attached hydrogens (tertiary/aromatic N) is 2. The number of aromatic hydroxyl groups is 1. The van der Waals surface area contributed by atoms with Crippen LogP contribution in [0, 0.1) is 0 Å². The maximum absolute atomic E-state index is 9.96. The Morgan fingerprint density at radius 3 is 2.80 bits per heavy atom. The standard InChI is InChI=1S/C18H26N4O2S/c1-5-19-18(21-10-17-22-15(11-25-17)12(2)3)20-9-13-8-14(24-4)6-7-16(13)23/h6-8,11-12,23H,5,9-10H2,1-4H3,(H2,19,20,21). The molecular weight excluding hydrogens is 336 g/mol. The van der Waals surface area contributed by atoms with Crippen molar-refractivity contribution in [3.63, 3.8) is 0 Å². The molecule has 0 amide bonds. The van der Waals surface area contributed by atoms with Crippen LogP contribution in [-0.2, 0) is 13.1 Å². The summed E-state index contributed by atoms with van der Waals surface area (Å²) in [7, 11) is 1.60. The van der Waals surface area contributed by atoms with Gasteiger partial charge in [-0.2, -0.15) is 0 Å². The van der Waals surface area contributed by atoms with E-state index >= 15 is 0 Å². The van der Waals surface area contributed by atoms with E-state index in [0.717, 1.165) is 17.2 Å². The van der Waals surface area contributed by atoms with Gasteiger partial charge in [-0.25, -0.2) is 9.98 Å². The van der Waals surface area contributed by atoms with Crippen molar-refractivity contribution in [1.29, 1.82) is 0 Å². The molecule has 0 aliphatic rings. The second-order valence-electron chi connectivity index (χ2n) is 5.86. The average molecular weight is 362 g/mol. The third kappa shape index (κ3) is 5.63. The van der Waals surface area contributed by atoms with E-state index in [0.29, 0.717) is 36.3 Å². The van der Waals surface area contributed by atoms with Crippen molar-refractivity contribution in [3.8, 4) is 11.5 Å². The van der Waals surface area contributed by atoms with Gasteiger partial charge in [0.25, 0.3) is 0 Å². The van der Waals surface area contributed by atoms with Gasteiger partial charge in [-0.1, -0.05) is 13.8 Å². The summed E-state index contributed by atoms with van der Waals surface area (Å²) >= 11 is 1.65. The van der Waals surface area contributed by atoms with Crippen LogP contribution in [0.3, 0.4) is 0 Å². The van der Waals surface area contributed by atoms with E-state index in [-0.39, 0.29) is 5.75 Å². The summed E-state index contributed by atoms with van der Waals surface area (Å²) in [6.45, 7) is 8.02. The summed E-state index contributed by atoms with van der Waals surface area (Å²) in [5.41, 5.74) is 1.83. The monoisotopic (exact) mass is 362 g/mol. The molecule has 3 N–H and O–H groups in total. The van der Waals surface area contributed by atoms with Crippen LogP contribution in [0.4, 0.5) is 0 Å². The Labute approximate surface area is 153 Å². The molecule has 0 unspecified atom stereocenters. The van der Waals surface area contributed by atoms with Crippen molar-refractivity contribution < 1.29 is 9.84 Å². The lowest BCUT2D eigenvalue weighted by Gasteiger charge is -2.11. The highest BCUT2D eigenvalue weighted by molar-refractivity contribution is 7.09. The highest BCUT2D eigenvalue weighted by Crippen LogP contribution is 2.23. The van der Waals surface area contributed by atoms with Crippen LogP contribution < -0.4 is 15.4 Å². The quantitative estimate of drug-likeness (QED) is 0.521. The number of benzene rings is 1. The fraction of sp³-hybridized carbons (Fsp3) is 0.444. The summed E-state index contributed by atoms with van der Waals surface area (Å²) in [6.07, 6.45) is 0. The van der Waals surface area contributed by atoms with Gasteiger partial charge in [0.2, 0.25) is 0 Å². The maximum atomic E-state index is 9.96. The Kier molecular flexibility index (Phi) is 7.06. The number of phenolic OH excluding ortho intramolecular Hbond substituents is 1. The van der Waals surface area contributed by atoms with Crippen molar-refractivity contribution in [2.24, 2.45) is 4.99 Å². The molecule has 136 valence electrons. The van der Waals surface area contributed by atoms with Crippen molar-refractivity contribution >= 4 is 17.3 Å². The van der Waals surface area contributed by atoms with Gasteiger partial charge < -0.3 is 20.5 Å². The van der Waals surface area contributed by atoms with Gasteiger partial charge in [-0.3, -0.25) is 0 Å². The average Bonchev–Trinajstić information content (AvgIpc) is 3.08. The molecule has 0 aliphatic heterocycles. The lowest BCUT2D eigenvalue weighted by atomic mass is 10.2. The number of phenols is 1. The minimum Gasteiger partial charge on any atom is -0.508 e. The molecule has 1 aromatic heterocycles. The predicted molar refractivity (Wildman–Crippen MR) is 103 cm³/mol. The summed E-state index contributed by atoms with van der Waals surface area (Å²) in [5, 5.41) is 19.6. The second-order valence-corrected chi connectivity index (χ2v) is 6.81. The van der Waals surface area contributed by atoms with E-state index in [1.54, 1.807) is 36.6 Å². The Morgan fingerprint density at radius 1 is 1.36 bits per heavy atom. The lowest BCUT2D eigenvalue weighted by Crippen LogP contribution is -2.36. The number of methoxy groups -OCH3 is 1. The first kappa shape index (κ1) is 19.1. The molecule has 25 heavy (non-hydrogen) atoms. The molecule has 6 nitrogen and oxygen atoms in total. The number of guanidine groups is 1. The van der Waals surface area contributed by atoms with E-state index in [2.05, 4.69) is 39.8 Å². The molecule has 0 radical (unpaired) electrons. The van der Waals surface area contributed by atoms with Crippen LogP contribution >= 0.6 is 11.3 Å². The van der Waals surface area contributed by atoms with E-state index in [1.807, 2.05) is 6.92 Å². The zero-order chi connectivity index (χ0) is 18.2. The molecule has 0 aliphatic carbocycles. The van der Waals surface area contributed by atoms with Gasteiger partial charge >= 0.3 is 0 Å². The topological polar surface area (TPSA) is 78.8 Å². The van der Waals surface area contributed by atoms with Crippen LogP contribution in [0.15, 0.2) is 28.6 Å². The van der Waals surface area contributed by atoms with Crippen LogP contribution in [-0.4, -0.2) is 29.7 Å². The zero-order valence-electron chi connectivity index (χ0n) is 15.2. The number of hydrogen-bond donors (Lipinski definition) is 3. The Hall–Kier alpha value is -2.28. The number of aliphatic imine (C=N–C) groups is 1. The third-order valence-corrected chi connectivity index (χ3v) is 4.47. The molecule has 0 atom stereocenters. The Balaban J connectivity index is 2.02. The maximum Gasteiger partial charge on any atom is 0.191 e. The van der Waals surface area contributed by atoms with E-state index < -0.39 is 0 Å². The lowest BCUT2D eigenvalue weighted by molar-refractivity contribution is 0.411. The summed E-state index contributed by atoms with van der Waals surface area (Å²) in [4.78, 5) is 9.15. The summed E-state index contributed by atoms with van der Waals surface area (Å²) in [6, 6.07) is 5.13. The first-order chi connectivity index (χ1) is 12.0. The fourth-order valence-corrected chi connectivity index (χ4v) is 3.05. The highest BCUT2D eigenvalue weighted by atomic mass is 32.1. The molecule has 0 saturated carbocycles. The van der Waals surface area contributed by atoms with Gasteiger partial charge in [-0.15, -0.1) is 11.3 Å². The van der Waals surface area contributed by atoms with Crippen LogP contribution in [0.2, 0.25) is 0 Å². The molecular formula is C18H26N4O2S. The Bertz CT molecular complexity index is 713.